The van der Waals surface area contributed by atoms with E-state index in [0.29, 0.717) is 51.4 Å². The number of aryl methyl sites for hydroxylation is 1. The van der Waals surface area contributed by atoms with Crippen molar-refractivity contribution in [3.8, 4) is 34.1 Å². The fourth-order valence-corrected chi connectivity index (χ4v) is 4.53. The lowest BCUT2D eigenvalue weighted by molar-refractivity contribution is 0.0777. The third-order valence-electron chi connectivity index (χ3n) is 6.67. The van der Waals surface area contributed by atoms with Gasteiger partial charge in [0.05, 0.1) is 29.8 Å². The van der Waals surface area contributed by atoms with Gasteiger partial charge in [0.15, 0.2) is 0 Å². The highest BCUT2D eigenvalue weighted by molar-refractivity contribution is 6.12. The molecule has 6 heteroatoms. The Kier molecular flexibility index (Phi) is 7.54. The number of hydrogen-bond acceptors (Lipinski definition) is 4. The number of carbonyl (C=O) groups is 1. The van der Waals surface area contributed by atoms with Gasteiger partial charge in [-0.25, -0.2) is 4.39 Å². The molecule has 5 nitrogen and oxygen atoms in total. The fourth-order valence-electron chi connectivity index (χ4n) is 4.53. The summed E-state index contributed by atoms with van der Waals surface area (Å²) in [5.74, 6) is 0.389. The van der Waals surface area contributed by atoms with E-state index in [4.69, 9.17) is 4.74 Å². The Bertz CT molecular complexity index is 1500. The normalized spacial score (nSPS) is 11.7. The number of nitrogens with zero attached hydrogens (tertiary/aromatic N) is 3. The average molecular weight is 496 g/mol. The quantitative estimate of drug-likeness (QED) is 0.276. The molecular formula is C31H30FN3O2. The molecule has 0 aliphatic heterocycles. The Balaban J connectivity index is 1.98. The predicted octanol–water partition coefficient (Wildman–Crippen LogP) is 7.01. The van der Waals surface area contributed by atoms with Crippen LogP contribution in [0.1, 0.15) is 41.8 Å². The van der Waals surface area contributed by atoms with Crippen molar-refractivity contribution in [1.82, 2.24) is 9.88 Å². The molecule has 0 unspecified atom stereocenters. The molecule has 0 aliphatic carbocycles. The number of methoxy groups -OCH3 is 1. The average Bonchev–Trinajstić information content (AvgIpc) is 2.90. The number of carbonyl (C=O) groups excluding carboxylic acids is 1. The third kappa shape index (κ3) is 5.46. The van der Waals surface area contributed by atoms with E-state index in [1.54, 1.807) is 37.4 Å². The van der Waals surface area contributed by atoms with Crippen LogP contribution < -0.4 is 4.74 Å². The number of pyridine rings is 1. The van der Waals surface area contributed by atoms with Gasteiger partial charge in [0.1, 0.15) is 11.6 Å². The summed E-state index contributed by atoms with van der Waals surface area (Å²) in [5.41, 5.74) is 5.15. The van der Waals surface area contributed by atoms with E-state index in [9.17, 15) is 14.4 Å². The van der Waals surface area contributed by atoms with Crippen molar-refractivity contribution in [3.05, 3.63) is 83.3 Å². The van der Waals surface area contributed by atoms with Crippen LogP contribution >= 0.6 is 0 Å². The molecule has 37 heavy (non-hydrogen) atoms. The number of hydrogen-bond donors (Lipinski definition) is 0. The van der Waals surface area contributed by atoms with E-state index in [2.05, 4.69) is 24.9 Å². The summed E-state index contributed by atoms with van der Waals surface area (Å²) in [7, 11) is 3.36. The van der Waals surface area contributed by atoms with Crippen LogP contribution in [0.2, 0.25) is 0 Å². The Morgan fingerprint density at radius 3 is 2.57 bits per heavy atom. The topological polar surface area (TPSA) is 66.2 Å². The molecule has 0 spiro atoms. The third-order valence-corrected chi connectivity index (χ3v) is 6.67. The summed E-state index contributed by atoms with van der Waals surface area (Å²) in [6.45, 7) is 6.63. The van der Waals surface area contributed by atoms with E-state index in [1.165, 1.54) is 12.1 Å². The Hall–Kier alpha value is -4.24. The molecular weight excluding hydrogens is 465 g/mol. The number of fused-ring (bicyclic) bond motifs is 1. The van der Waals surface area contributed by atoms with Gasteiger partial charge in [-0.15, -0.1) is 0 Å². The molecule has 3 aromatic carbocycles. The Labute approximate surface area is 217 Å². The molecule has 0 saturated heterocycles. The number of halogens is 1. The molecule has 1 amide bonds. The number of benzene rings is 3. The maximum Gasteiger partial charge on any atom is 0.254 e. The molecule has 0 radical (unpaired) electrons. The van der Waals surface area contributed by atoms with E-state index in [0.717, 1.165) is 23.1 Å². The van der Waals surface area contributed by atoms with E-state index < -0.39 is 0 Å². The fraction of sp³-hybridized carbons (Fsp3) is 0.258. The summed E-state index contributed by atoms with van der Waals surface area (Å²) in [6.07, 6.45) is 2.60. The molecule has 0 bridgehead atoms. The van der Waals surface area contributed by atoms with Crippen molar-refractivity contribution in [2.24, 2.45) is 5.92 Å². The Morgan fingerprint density at radius 2 is 1.89 bits per heavy atom. The van der Waals surface area contributed by atoms with Crippen molar-refractivity contribution in [2.45, 2.75) is 27.2 Å². The van der Waals surface area contributed by atoms with Crippen molar-refractivity contribution in [3.63, 3.8) is 0 Å². The summed E-state index contributed by atoms with van der Waals surface area (Å²) in [4.78, 5) is 20.3. The molecule has 0 N–H and O–H groups in total. The van der Waals surface area contributed by atoms with Crippen molar-refractivity contribution < 1.29 is 13.9 Å². The second-order valence-electron chi connectivity index (χ2n) is 9.56. The first-order chi connectivity index (χ1) is 17.7. The predicted molar refractivity (Wildman–Crippen MR) is 145 cm³/mol. The lowest BCUT2D eigenvalue weighted by Gasteiger charge is -2.23. The van der Waals surface area contributed by atoms with Crippen LogP contribution in [0.15, 0.2) is 60.8 Å². The zero-order chi connectivity index (χ0) is 26.7. The summed E-state index contributed by atoms with van der Waals surface area (Å²) in [6, 6.07) is 17.9. The van der Waals surface area contributed by atoms with Gasteiger partial charge in [0.25, 0.3) is 5.91 Å². The van der Waals surface area contributed by atoms with Crippen LogP contribution in [0, 0.1) is 30.0 Å². The summed E-state index contributed by atoms with van der Waals surface area (Å²) >= 11 is 0. The minimum absolute atomic E-state index is 0.148. The molecule has 0 aliphatic rings. The van der Waals surface area contributed by atoms with Crippen LogP contribution in [-0.2, 0) is 0 Å². The van der Waals surface area contributed by atoms with Crippen LogP contribution in [0.4, 0.5) is 4.39 Å². The van der Waals surface area contributed by atoms with E-state index >= 15 is 0 Å². The standard InChI is InChI=1S/C31H30FN3O2/c1-6-19(2)18-35(4)31(36)30-27-15-22(23-11-21(16-33)12-26(14-23)37-5)7-8-29(27)34-17-28(30)24-9-20(3)10-25(32)13-24/h7-15,17,19H,6,18H2,1-5H3/t19-/m0/s1. The molecule has 1 heterocycles. The summed E-state index contributed by atoms with van der Waals surface area (Å²) in [5, 5.41) is 10.1. The maximum atomic E-state index is 14.4. The van der Waals surface area contributed by atoms with Gasteiger partial charge in [-0.05, 0) is 77.6 Å². The van der Waals surface area contributed by atoms with Crippen LogP contribution in [0.5, 0.6) is 5.75 Å². The maximum absolute atomic E-state index is 14.4. The smallest absolute Gasteiger partial charge is 0.254 e. The molecule has 0 saturated carbocycles. The monoisotopic (exact) mass is 495 g/mol. The van der Waals surface area contributed by atoms with E-state index in [1.807, 2.05) is 37.3 Å². The summed E-state index contributed by atoms with van der Waals surface area (Å²) < 4.78 is 19.8. The van der Waals surface area contributed by atoms with Gasteiger partial charge in [0.2, 0.25) is 0 Å². The van der Waals surface area contributed by atoms with Crippen molar-refractivity contribution in [2.75, 3.05) is 20.7 Å². The number of aromatic nitrogens is 1. The number of rotatable bonds is 7. The van der Waals surface area contributed by atoms with Gasteiger partial charge >= 0.3 is 0 Å². The lowest BCUT2D eigenvalue weighted by Crippen LogP contribution is -2.31. The van der Waals surface area contributed by atoms with Gasteiger partial charge in [-0.2, -0.15) is 5.26 Å². The van der Waals surface area contributed by atoms with Crippen LogP contribution in [-0.4, -0.2) is 36.5 Å². The minimum atomic E-state index is -0.365. The second-order valence-corrected chi connectivity index (χ2v) is 9.56. The Morgan fingerprint density at radius 1 is 1.11 bits per heavy atom. The first-order valence-corrected chi connectivity index (χ1v) is 12.3. The number of ether oxygens (including phenoxy) is 1. The van der Waals surface area contributed by atoms with Crippen LogP contribution in [0.25, 0.3) is 33.2 Å². The van der Waals surface area contributed by atoms with Crippen molar-refractivity contribution >= 4 is 16.8 Å². The van der Waals surface area contributed by atoms with Gasteiger partial charge in [-0.1, -0.05) is 32.4 Å². The lowest BCUT2D eigenvalue weighted by atomic mass is 9.93. The second kappa shape index (κ2) is 10.8. The van der Waals surface area contributed by atoms with Gasteiger partial charge in [-0.3, -0.25) is 9.78 Å². The minimum Gasteiger partial charge on any atom is -0.497 e. The van der Waals surface area contributed by atoms with Crippen LogP contribution in [0.3, 0.4) is 0 Å². The zero-order valence-electron chi connectivity index (χ0n) is 21.8. The highest BCUT2D eigenvalue weighted by Crippen LogP contribution is 2.34. The van der Waals surface area contributed by atoms with E-state index in [-0.39, 0.29) is 11.7 Å². The van der Waals surface area contributed by atoms with Gasteiger partial charge in [0, 0.05) is 30.7 Å². The van der Waals surface area contributed by atoms with Gasteiger partial charge < -0.3 is 9.64 Å². The van der Waals surface area contributed by atoms with Crippen molar-refractivity contribution in [1.29, 1.82) is 5.26 Å². The first kappa shape index (κ1) is 25.8. The molecule has 1 aromatic heterocycles. The molecule has 4 aromatic rings. The zero-order valence-corrected chi connectivity index (χ0v) is 21.8. The largest absolute Gasteiger partial charge is 0.497 e. The first-order valence-electron chi connectivity index (χ1n) is 12.3. The highest BCUT2D eigenvalue weighted by atomic mass is 19.1. The molecule has 1 atom stereocenters. The molecule has 4 rings (SSSR count). The SMILES string of the molecule is CC[C@H](C)CN(C)C(=O)c1c(-c2cc(C)cc(F)c2)cnc2ccc(-c3cc(C#N)cc(OC)c3)cc12. The number of amides is 1. The molecule has 0 fully saturated rings. The highest BCUT2D eigenvalue weighted by Gasteiger charge is 2.23. The molecule has 188 valence electrons. The number of nitriles is 1.